The molecule has 0 radical (unpaired) electrons. The summed E-state index contributed by atoms with van der Waals surface area (Å²) in [5, 5.41) is 3.93. The van der Waals surface area contributed by atoms with Gasteiger partial charge in [-0.25, -0.2) is 10.2 Å². The number of carbonyl (C=O) groups is 2. The SMILES string of the molecule is CCCCCC(=O)N/N=C/c1ccc(OC(=O)c2ccccc2)cc1. The predicted octanol–water partition coefficient (Wildman–Crippen LogP) is 3.94. The number of rotatable bonds is 8. The molecule has 0 aliphatic heterocycles. The van der Waals surface area contributed by atoms with Crippen LogP contribution in [0.15, 0.2) is 59.7 Å². The Bertz CT molecular complexity index is 709. The van der Waals surface area contributed by atoms with Crippen LogP contribution in [-0.4, -0.2) is 18.1 Å². The molecule has 5 heteroatoms. The van der Waals surface area contributed by atoms with Gasteiger partial charge in [0.2, 0.25) is 5.91 Å². The molecule has 2 aromatic carbocycles. The van der Waals surface area contributed by atoms with E-state index in [4.69, 9.17) is 4.74 Å². The molecular weight excluding hydrogens is 316 g/mol. The number of nitrogens with zero attached hydrogens (tertiary/aromatic N) is 1. The first-order valence-corrected chi connectivity index (χ1v) is 8.38. The Kier molecular flexibility index (Phi) is 7.38. The minimum Gasteiger partial charge on any atom is -0.423 e. The molecule has 2 aromatic rings. The molecule has 0 heterocycles. The summed E-state index contributed by atoms with van der Waals surface area (Å²) < 4.78 is 5.30. The van der Waals surface area contributed by atoms with E-state index in [9.17, 15) is 9.59 Å². The number of esters is 1. The molecule has 1 N–H and O–H groups in total. The van der Waals surface area contributed by atoms with Gasteiger partial charge in [0.1, 0.15) is 5.75 Å². The van der Waals surface area contributed by atoms with Crippen molar-refractivity contribution in [3.05, 3.63) is 65.7 Å². The van der Waals surface area contributed by atoms with Gasteiger partial charge in [0.25, 0.3) is 0 Å². The highest BCUT2D eigenvalue weighted by molar-refractivity contribution is 5.91. The van der Waals surface area contributed by atoms with E-state index in [0.717, 1.165) is 24.8 Å². The van der Waals surface area contributed by atoms with Gasteiger partial charge in [0.15, 0.2) is 0 Å². The van der Waals surface area contributed by atoms with E-state index >= 15 is 0 Å². The summed E-state index contributed by atoms with van der Waals surface area (Å²) in [6, 6.07) is 15.7. The van der Waals surface area contributed by atoms with Crippen molar-refractivity contribution in [1.82, 2.24) is 5.43 Å². The highest BCUT2D eigenvalue weighted by Crippen LogP contribution is 2.13. The Morgan fingerprint density at radius 1 is 1.04 bits per heavy atom. The van der Waals surface area contributed by atoms with Gasteiger partial charge in [-0.3, -0.25) is 4.79 Å². The molecule has 25 heavy (non-hydrogen) atoms. The number of carbonyl (C=O) groups excluding carboxylic acids is 2. The molecule has 0 saturated heterocycles. The van der Waals surface area contributed by atoms with E-state index in [1.165, 1.54) is 0 Å². The first kappa shape index (κ1) is 18.4. The lowest BCUT2D eigenvalue weighted by Gasteiger charge is -2.04. The number of nitrogens with one attached hydrogen (secondary N) is 1. The molecular formula is C20H22N2O3. The number of hydrogen-bond acceptors (Lipinski definition) is 4. The minimum absolute atomic E-state index is 0.0851. The number of benzene rings is 2. The van der Waals surface area contributed by atoms with E-state index in [-0.39, 0.29) is 5.91 Å². The fraction of sp³-hybridized carbons (Fsp3) is 0.250. The molecule has 130 valence electrons. The van der Waals surface area contributed by atoms with Gasteiger partial charge in [-0.2, -0.15) is 5.10 Å². The Morgan fingerprint density at radius 2 is 1.76 bits per heavy atom. The first-order valence-electron chi connectivity index (χ1n) is 8.38. The number of hydrazone groups is 1. The average molecular weight is 338 g/mol. The fourth-order valence-corrected chi connectivity index (χ4v) is 2.13. The topological polar surface area (TPSA) is 67.8 Å². The van der Waals surface area contributed by atoms with Crippen LogP contribution in [0.4, 0.5) is 0 Å². The summed E-state index contributed by atoms with van der Waals surface area (Å²) in [4.78, 5) is 23.5. The molecule has 0 unspecified atom stereocenters. The lowest BCUT2D eigenvalue weighted by Crippen LogP contribution is -2.16. The Morgan fingerprint density at radius 3 is 2.44 bits per heavy atom. The van der Waals surface area contributed by atoms with Crippen LogP contribution in [0, 0.1) is 0 Å². The first-order chi connectivity index (χ1) is 12.2. The van der Waals surface area contributed by atoms with E-state index < -0.39 is 5.97 Å². The van der Waals surface area contributed by atoms with E-state index in [1.807, 2.05) is 6.07 Å². The molecule has 2 rings (SSSR count). The second-order valence-corrected chi connectivity index (χ2v) is 5.57. The monoisotopic (exact) mass is 338 g/mol. The van der Waals surface area contributed by atoms with Crippen molar-refractivity contribution in [2.24, 2.45) is 5.10 Å². The molecule has 1 amide bonds. The molecule has 0 saturated carbocycles. The quantitative estimate of drug-likeness (QED) is 0.261. The number of ether oxygens (including phenoxy) is 1. The van der Waals surface area contributed by atoms with E-state index in [1.54, 1.807) is 54.7 Å². The second-order valence-electron chi connectivity index (χ2n) is 5.57. The van der Waals surface area contributed by atoms with Gasteiger partial charge in [-0.1, -0.05) is 38.0 Å². The third kappa shape index (κ3) is 6.59. The summed E-state index contributed by atoms with van der Waals surface area (Å²) >= 11 is 0. The minimum atomic E-state index is -0.402. The van der Waals surface area contributed by atoms with Crippen molar-refractivity contribution >= 4 is 18.1 Å². The normalized spacial score (nSPS) is 10.6. The summed E-state index contributed by atoms with van der Waals surface area (Å²) in [5.41, 5.74) is 3.80. The van der Waals surface area contributed by atoms with Gasteiger partial charge in [0.05, 0.1) is 11.8 Å². The summed E-state index contributed by atoms with van der Waals surface area (Å²) in [6.07, 6.45) is 5.04. The molecule has 0 fully saturated rings. The van der Waals surface area contributed by atoms with Crippen LogP contribution in [0.1, 0.15) is 48.5 Å². The Hall–Kier alpha value is -2.95. The van der Waals surface area contributed by atoms with Crippen molar-refractivity contribution in [2.45, 2.75) is 32.6 Å². The van der Waals surface area contributed by atoms with Crippen LogP contribution in [0.3, 0.4) is 0 Å². The molecule has 0 aliphatic carbocycles. The van der Waals surface area contributed by atoms with Crippen LogP contribution < -0.4 is 10.2 Å². The third-order valence-corrected chi connectivity index (χ3v) is 3.51. The molecule has 0 atom stereocenters. The molecule has 5 nitrogen and oxygen atoms in total. The van der Waals surface area contributed by atoms with Crippen LogP contribution in [0.2, 0.25) is 0 Å². The average Bonchev–Trinajstić information content (AvgIpc) is 2.64. The maximum absolute atomic E-state index is 12.0. The standard InChI is InChI=1S/C20H22N2O3/c1-2-3-5-10-19(23)22-21-15-16-11-13-18(14-12-16)25-20(24)17-8-6-4-7-9-17/h4,6-9,11-15H,2-3,5,10H2,1H3,(H,22,23)/b21-15+. The number of amides is 1. The zero-order valence-electron chi connectivity index (χ0n) is 14.3. The maximum atomic E-state index is 12.0. The van der Waals surface area contributed by atoms with Crippen LogP contribution >= 0.6 is 0 Å². The number of hydrogen-bond donors (Lipinski definition) is 1. The molecule has 0 aliphatic rings. The second kappa shape index (κ2) is 10.0. The molecule has 0 spiro atoms. The smallest absolute Gasteiger partial charge is 0.343 e. The van der Waals surface area contributed by atoms with Crippen molar-refractivity contribution < 1.29 is 14.3 Å². The van der Waals surface area contributed by atoms with Crippen molar-refractivity contribution in [2.75, 3.05) is 0 Å². The van der Waals surface area contributed by atoms with Crippen molar-refractivity contribution in [1.29, 1.82) is 0 Å². The van der Waals surface area contributed by atoms with E-state index in [2.05, 4.69) is 17.5 Å². The maximum Gasteiger partial charge on any atom is 0.343 e. The van der Waals surface area contributed by atoms with Crippen LogP contribution in [-0.2, 0) is 4.79 Å². The highest BCUT2D eigenvalue weighted by atomic mass is 16.5. The van der Waals surface area contributed by atoms with Gasteiger partial charge in [-0.05, 0) is 48.4 Å². The predicted molar refractivity (Wildman–Crippen MR) is 97.7 cm³/mol. The van der Waals surface area contributed by atoms with Crippen molar-refractivity contribution in [3.63, 3.8) is 0 Å². The van der Waals surface area contributed by atoms with Crippen LogP contribution in [0.25, 0.3) is 0 Å². The zero-order chi connectivity index (χ0) is 17.9. The van der Waals surface area contributed by atoms with E-state index in [0.29, 0.717) is 17.7 Å². The lowest BCUT2D eigenvalue weighted by molar-refractivity contribution is -0.121. The molecule has 0 aromatic heterocycles. The molecule has 0 bridgehead atoms. The van der Waals surface area contributed by atoms with Gasteiger partial charge >= 0.3 is 5.97 Å². The summed E-state index contributed by atoms with van der Waals surface area (Å²) in [7, 11) is 0. The Balaban J connectivity index is 1.82. The van der Waals surface area contributed by atoms with Gasteiger partial charge < -0.3 is 4.74 Å². The summed E-state index contributed by atoms with van der Waals surface area (Å²) in [6.45, 7) is 2.09. The lowest BCUT2D eigenvalue weighted by atomic mass is 10.2. The zero-order valence-corrected chi connectivity index (χ0v) is 14.3. The fourth-order valence-electron chi connectivity index (χ4n) is 2.13. The largest absolute Gasteiger partial charge is 0.423 e. The van der Waals surface area contributed by atoms with Crippen molar-refractivity contribution in [3.8, 4) is 5.75 Å². The number of unbranched alkanes of at least 4 members (excludes halogenated alkanes) is 2. The van der Waals surface area contributed by atoms with Gasteiger partial charge in [0, 0.05) is 6.42 Å². The van der Waals surface area contributed by atoms with Crippen LogP contribution in [0.5, 0.6) is 5.75 Å². The highest BCUT2D eigenvalue weighted by Gasteiger charge is 2.07. The summed E-state index contributed by atoms with van der Waals surface area (Å²) in [5.74, 6) is -0.0333. The third-order valence-electron chi connectivity index (χ3n) is 3.51. The van der Waals surface area contributed by atoms with Gasteiger partial charge in [-0.15, -0.1) is 0 Å². The Labute approximate surface area is 147 Å².